The maximum Gasteiger partial charge on any atom is 0.265 e. The largest absolute Gasteiger partial charge is 0.494 e. The average Bonchev–Trinajstić information content (AvgIpc) is 2.75. The summed E-state index contributed by atoms with van der Waals surface area (Å²) in [5, 5.41) is 3.39. The van der Waals surface area contributed by atoms with Crippen LogP contribution >= 0.6 is 15.9 Å². The van der Waals surface area contributed by atoms with Gasteiger partial charge >= 0.3 is 0 Å². The number of anilines is 1. The third-order valence-corrected chi connectivity index (χ3v) is 5.44. The highest BCUT2D eigenvalue weighted by Crippen LogP contribution is 2.28. The predicted molar refractivity (Wildman–Crippen MR) is 121 cm³/mol. The third-order valence-electron chi connectivity index (χ3n) is 4.75. The summed E-state index contributed by atoms with van der Waals surface area (Å²) in [7, 11) is 1.52. The van der Waals surface area contributed by atoms with Crippen LogP contribution in [-0.2, 0) is 0 Å². The number of benzene rings is 3. The van der Waals surface area contributed by atoms with Crippen LogP contribution in [0.1, 0.15) is 16.2 Å². The predicted octanol–water partition coefficient (Wildman–Crippen LogP) is 4.72. The van der Waals surface area contributed by atoms with Crippen molar-refractivity contribution < 1.29 is 9.53 Å². The molecule has 0 spiro atoms. The van der Waals surface area contributed by atoms with Crippen LogP contribution in [0.4, 0.5) is 5.69 Å². The van der Waals surface area contributed by atoms with Crippen molar-refractivity contribution in [3.8, 4) is 11.4 Å². The molecule has 1 N–H and O–H groups in total. The molecular weight excluding hydrogens is 446 g/mol. The number of carbonyl (C=O) groups is 1. The van der Waals surface area contributed by atoms with Gasteiger partial charge in [0.25, 0.3) is 11.5 Å². The molecule has 1 heterocycles. The Hall–Kier alpha value is -3.45. The van der Waals surface area contributed by atoms with Crippen LogP contribution in [0.15, 0.2) is 76.0 Å². The molecule has 0 aliphatic heterocycles. The Balaban J connectivity index is 1.75. The molecule has 150 valence electrons. The van der Waals surface area contributed by atoms with Gasteiger partial charge in [-0.3, -0.25) is 14.2 Å². The lowest BCUT2D eigenvalue weighted by molar-refractivity contribution is 0.102. The zero-order valence-electron chi connectivity index (χ0n) is 16.3. The smallest absolute Gasteiger partial charge is 0.265 e. The summed E-state index contributed by atoms with van der Waals surface area (Å²) in [6.07, 6.45) is 0. The normalized spacial score (nSPS) is 10.8. The molecule has 4 rings (SSSR count). The van der Waals surface area contributed by atoms with Crippen molar-refractivity contribution in [1.82, 2.24) is 9.55 Å². The van der Waals surface area contributed by atoms with Gasteiger partial charge in [-0.2, -0.15) is 0 Å². The first-order valence-corrected chi connectivity index (χ1v) is 10.0. The number of rotatable bonds is 4. The third kappa shape index (κ3) is 3.59. The Kier molecular flexibility index (Phi) is 5.37. The first kappa shape index (κ1) is 19.8. The quantitative estimate of drug-likeness (QED) is 0.475. The van der Waals surface area contributed by atoms with Crippen molar-refractivity contribution in [3.05, 3.63) is 92.9 Å². The van der Waals surface area contributed by atoms with Gasteiger partial charge in [0, 0.05) is 10.5 Å². The molecule has 0 unspecified atom stereocenters. The van der Waals surface area contributed by atoms with Crippen LogP contribution in [0.3, 0.4) is 0 Å². The number of carbonyl (C=O) groups excluding carboxylic acids is 1. The van der Waals surface area contributed by atoms with E-state index >= 15 is 0 Å². The number of aromatic nitrogens is 2. The lowest BCUT2D eigenvalue weighted by Crippen LogP contribution is -2.22. The van der Waals surface area contributed by atoms with Gasteiger partial charge in [-0.05, 0) is 59.3 Å². The molecule has 1 amide bonds. The number of methoxy groups -OCH3 is 1. The molecule has 30 heavy (non-hydrogen) atoms. The average molecular weight is 464 g/mol. The Morgan fingerprint density at radius 2 is 1.80 bits per heavy atom. The van der Waals surface area contributed by atoms with Crippen molar-refractivity contribution in [3.63, 3.8) is 0 Å². The Morgan fingerprint density at radius 1 is 1.07 bits per heavy atom. The van der Waals surface area contributed by atoms with Crippen molar-refractivity contribution in [2.45, 2.75) is 6.92 Å². The summed E-state index contributed by atoms with van der Waals surface area (Å²) < 4.78 is 7.71. The van der Waals surface area contributed by atoms with E-state index in [1.54, 1.807) is 49.4 Å². The molecule has 6 nitrogen and oxygen atoms in total. The number of para-hydroxylation sites is 1. The highest BCUT2D eigenvalue weighted by Gasteiger charge is 2.15. The lowest BCUT2D eigenvalue weighted by atomic mass is 10.2. The zero-order valence-corrected chi connectivity index (χ0v) is 17.9. The molecule has 0 aliphatic carbocycles. The van der Waals surface area contributed by atoms with Crippen LogP contribution in [0.2, 0.25) is 0 Å². The van der Waals surface area contributed by atoms with E-state index in [1.807, 2.05) is 24.3 Å². The molecule has 0 saturated heterocycles. The van der Waals surface area contributed by atoms with Crippen molar-refractivity contribution in [1.29, 1.82) is 0 Å². The zero-order chi connectivity index (χ0) is 21.3. The molecule has 3 aromatic carbocycles. The molecule has 0 aliphatic rings. The van der Waals surface area contributed by atoms with Gasteiger partial charge in [-0.1, -0.05) is 24.3 Å². The van der Waals surface area contributed by atoms with Gasteiger partial charge in [0.1, 0.15) is 11.6 Å². The van der Waals surface area contributed by atoms with Gasteiger partial charge in [0.05, 0.1) is 35.0 Å². The van der Waals surface area contributed by atoms with E-state index in [0.717, 1.165) is 0 Å². The van der Waals surface area contributed by atoms with Gasteiger partial charge < -0.3 is 10.1 Å². The van der Waals surface area contributed by atoms with E-state index < -0.39 is 0 Å². The molecule has 0 saturated carbocycles. The van der Waals surface area contributed by atoms with Gasteiger partial charge in [-0.15, -0.1) is 0 Å². The minimum absolute atomic E-state index is 0.162. The first-order chi connectivity index (χ1) is 14.5. The summed E-state index contributed by atoms with van der Waals surface area (Å²) in [4.78, 5) is 30.2. The summed E-state index contributed by atoms with van der Waals surface area (Å²) >= 11 is 3.39. The van der Waals surface area contributed by atoms with Gasteiger partial charge in [-0.25, -0.2) is 4.98 Å². The number of hydrogen-bond acceptors (Lipinski definition) is 4. The topological polar surface area (TPSA) is 73.2 Å². The molecular formula is C23H18BrN3O3. The fourth-order valence-corrected chi connectivity index (χ4v) is 3.77. The van der Waals surface area contributed by atoms with Gasteiger partial charge in [0.2, 0.25) is 0 Å². The fraction of sp³-hybridized carbons (Fsp3) is 0.0870. The number of hydrogen-bond donors (Lipinski definition) is 1. The number of halogens is 1. The van der Waals surface area contributed by atoms with Crippen LogP contribution in [0, 0.1) is 6.92 Å². The van der Waals surface area contributed by atoms with Crippen molar-refractivity contribution in [2.75, 3.05) is 12.4 Å². The van der Waals surface area contributed by atoms with Crippen molar-refractivity contribution >= 4 is 38.4 Å². The second kappa shape index (κ2) is 8.12. The number of ether oxygens (including phenoxy) is 1. The minimum atomic E-state index is -0.269. The van der Waals surface area contributed by atoms with Crippen LogP contribution < -0.4 is 15.6 Å². The van der Waals surface area contributed by atoms with Crippen LogP contribution in [-0.4, -0.2) is 22.6 Å². The minimum Gasteiger partial charge on any atom is -0.494 e. The highest BCUT2D eigenvalue weighted by molar-refractivity contribution is 9.10. The summed E-state index contributed by atoms with van der Waals surface area (Å²) in [6.45, 7) is 1.78. The van der Waals surface area contributed by atoms with E-state index in [0.29, 0.717) is 43.9 Å². The molecule has 7 heteroatoms. The van der Waals surface area contributed by atoms with Crippen molar-refractivity contribution in [2.24, 2.45) is 0 Å². The Bertz CT molecular complexity index is 1330. The van der Waals surface area contributed by atoms with Crippen LogP contribution in [0.5, 0.6) is 5.75 Å². The number of nitrogens with zero attached hydrogens (tertiary/aromatic N) is 2. The monoisotopic (exact) mass is 463 g/mol. The maximum atomic E-state index is 13.0. The Morgan fingerprint density at radius 3 is 2.57 bits per heavy atom. The van der Waals surface area contributed by atoms with E-state index in [4.69, 9.17) is 4.74 Å². The number of aryl methyl sites for hydroxylation is 1. The molecule has 0 atom stereocenters. The summed E-state index contributed by atoms with van der Waals surface area (Å²) in [5.41, 5.74) is 2.10. The highest BCUT2D eigenvalue weighted by atomic mass is 79.9. The van der Waals surface area contributed by atoms with E-state index in [9.17, 15) is 9.59 Å². The number of nitrogens with one attached hydrogen (secondary N) is 1. The first-order valence-electron chi connectivity index (χ1n) is 9.22. The molecule has 0 radical (unpaired) electrons. The second-order valence-electron chi connectivity index (χ2n) is 6.64. The Labute approximate surface area is 181 Å². The molecule has 0 bridgehead atoms. The molecule has 0 fully saturated rings. The maximum absolute atomic E-state index is 13.0. The van der Waals surface area contributed by atoms with E-state index in [1.165, 1.54) is 11.7 Å². The summed E-state index contributed by atoms with van der Waals surface area (Å²) in [5.74, 6) is 0.729. The SMILES string of the molecule is COc1cc(-n2c(C)nc3ccccc3c2=O)ccc1NC(=O)c1ccccc1Br. The van der Waals surface area contributed by atoms with E-state index in [2.05, 4.69) is 26.2 Å². The van der Waals surface area contributed by atoms with E-state index in [-0.39, 0.29) is 11.5 Å². The molecule has 1 aromatic heterocycles. The number of amides is 1. The summed E-state index contributed by atoms with van der Waals surface area (Å²) in [6, 6.07) is 19.6. The lowest BCUT2D eigenvalue weighted by Gasteiger charge is -2.15. The van der Waals surface area contributed by atoms with Gasteiger partial charge in [0.15, 0.2) is 0 Å². The standard InChI is InChI=1S/C23H18BrN3O3/c1-14-25-19-10-6-4-8-17(19)23(29)27(14)15-11-12-20(21(13-15)30-2)26-22(28)16-7-3-5-9-18(16)24/h3-13H,1-2H3,(H,26,28). The van der Waals surface area contributed by atoms with Crippen LogP contribution in [0.25, 0.3) is 16.6 Å². The second-order valence-corrected chi connectivity index (χ2v) is 7.49. The number of fused-ring (bicyclic) bond motifs is 1. The fourth-order valence-electron chi connectivity index (χ4n) is 3.31. The molecule has 4 aromatic rings.